The molecule has 0 aliphatic carbocycles. The van der Waals surface area contributed by atoms with Gasteiger partial charge in [0, 0.05) is 18.9 Å². The van der Waals surface area contributed by atoms with Crippen LogP contribution in [0.3, 0.4) is 0 Å². The van der Waals surface area contributed by atoms with Gasteiger partial charge in [-0.1, -0.05) is 0 Å². The van der Waals surface area contributed by atoms with Gasteiger partial charge in [-0.05, 0) is 42.7 Å². The highest BCUT2D eigenvalue weighted by atomic mass is 16.2. The van der Waals surface area contributed by atoms with Gasteiger partial charge in [-0.15, -0.1) is 0 Å². The molecule has 0 aromatic carbocycles. The Morgan fingerprint density at radius 1 is 1.25 bits per heavy atom. The molecule has 2 N–H and O–H groups in total. The SMILES string of the molecule is Nc1ccc(C(=O)N2CCCC2c2ccncc2)nc1. The topological polar surface area (TPSA) is 72.1 Å². The predicted molar refractivity (Wildman–Crippen MR) is 75.9 cm³/mol. The third-order valence-electron chi connectivity index (χ3n) is 3.61. The van der Waals surface area contributed by atoms with E-state index >= 15 is 0 Å². The van der Waals surface area contributed by atoms with E-state index < -0.39 is 0 Å². The summed E-state index contributed by atoms with van der Waals surface area (Å²) in [6.07, 6.45) is 7.03. The number of pyridine rings is 2. The number of rotatable bonds is 2. The fourth-order valence-electron chi connectivity index (χ4n) is 2.62. The number of amides is 1. The summed E-state index contributed by atoms with van der Waals surface area (Å²) in [7, 11) is 0. The molecule has 0 saturated carbocycles. The van der Waals surface area contributed by atoms with E-state index in [1.165, 1.54) is 6.20 Å². The number of nitrogen functional groups attached to an aromatic ring is 1. The molecule has 5 nitrogen and oxygen atoms in total. The van der Waals surface area contributed by atoms with Crippen LogP contribution in [-0.2, 0) is 0 Å². The second-order valence-electron chi connectivity index (χ2n) is 4.91. The molecule has 3 rings (SSSR count). The second kappa shape index (κ2) is 5.28. The lowest BCUT2D eigenvalue weighted by atomic mass is 10.1. The van der Waals surface area contributed by atoms with E-state index in [-0.39, 0.29) is 11.9 Å². The van der Waals surface area contributed by atoms with Crippen molar-refractivity contribution in [1.29, 1.82) is 0 Å². The molecule has 5 heteroatoms. The van der Waals surface area contributed by atoms with Crippen molar-refractivity contribution in [2.75, 3.05) is 12.3 Å². The molecule has 1 fully saturated rings. The van der Waals surface area contributed by atoms with Gasteiger partial charge in [0.1, 0.15) is 5.69 Å². The number of nitrogens with two attached hydrogens (primary N) is 1. The normalized spacial score (nSPS) is 18.2. The Morgan fingerprint density at radius 2 is 2.05 bits per heavy atom. The molecule has 1 saturated heterocycles. The van der Waals surface area contributed by atoms with Gasteiger partial charge in [-0.25, -0.2) is 4.98 Å². The van der Waals surface area contributed by atoms with E-state index in [1.54, 1.807) is 24.5 Å². The highest BCUT2D eigenvalue weighted by Gasteiger charge is 2.30. The molecular weight excluding hydrogens is 252 g/mol. The van der Waals surface area contributed by atoms with Crippen LogP contribution in [0.1, 0.15) is 34.9 Å². The third kappa shape index (κ3) is 2.34. The molecule has 1 atom stereocenters. The summed E-state index contributed by atoms with van der Waals surface area (Å²) in [4.78, 5) is 22.6. The Balaban J connectivity index is 1.85. The van der Waals surface area contributed by atoms with Crippen molar-refractivity contribution in [2.24, 2.45) is 0 Å². The van der Waals surface area contributed by atoms with E-state index in [1.807, 2.05) is 17.0 Å². The molecule has 1 aliphatic rings. The molecule has 1 aliphatic heterocycles. The van der Waals surface area contributed by atoms with Crippen LogP contribution in [0.4, 0.5) is 5.69 Å². The molecule has 0 bridgehead atoms. The summed E-state index contributed by atoms with van der Waals surface area (Å²) in [5.74, 6) is -0.0377. The maximum Gasteiger partial charge on any atom is 0.272 e. The number of hydrogen-bond acceptors (Lipinski definition) is 4. The molecule has 20 heavy (non-hydrogen) atoms. The van der Waals surface area contributed by atoms with E-state index in [2.05, 4.69) is 9.97 Å². The molecular formula is C15H16N4O. The van der Waals surface area contributed by atoms with Crippen LogP contribution in [-0.4, -0.2) is 27.3 Å². The van der Waals surface area contributed by atoms with Crippen LogP contribution in [0.25, 0.3) is 0 Å². The molecule has 2 aromatic heterocycles. The van der Waals surface area contributed by atoms with Gasteiger partial charge in [-0.2, -0.15) is 0 Å². The van der Waals surface area contributed by atoms with Gasteiger partial charge >= 0.3 is 0 Å². The molecule has 0 radical (unpaired) electrons. The summed E-state index contributed by atoms with van der Waals surface area (Å²) in [5.41, 5.74) is 7.74. The van der Waals surface area contributed by atoms with Crippen LogP contribution in [0.2, 0.25) is 0 Å². The highest BCUT2D eigenvalue weighted by molar-refractivity contribution is 5.93. The zero-order valence-corrected chi connectivity index (χ0v) is 11.1. The first-order valence-electron chi connectivity index (χ1n) is 6.68. The Kier molecular flexibility index (Phi) is 3.33. The van der Waals surface area contributed by atoms with Gasteiger partial charge in [-0.3, -0.25) is 9.78 Å². The van der Waals surface area contributed by atoms with Crippen molar-refractivity contribution >= 4 is 11.6 Å². The number of nitrogens with zero attached hydrogens (tertiary/aromatic N) is 3. The minimum Gasteiger partial charge on any atom is -0.397 e. The van der Waals surface area contributed by atoms with Crippen LogP contribution < -0.4 is 5.73 Å². The van der Waals surface area contributed by atoms with Crippen LogP contribution in [0, 0.1) is 0 Å². The van der Waals surface area contributed by atoms with E-state index in [0.29, 0.717) is 11.4 Å². The molecule has 0 spiro atoms. The second-order valence-corrected chi connectivity index (χ2v) is 4.91. The lowest BCUT2D eigenvalue weighted by Gasteiger charge is -2.24. The first-order valence-corrected chi connectivity index (χ1v) is 6.68. The van der Waals surface area contributed by atoms with Crippen molar-refractivity contribution < 1.29 is 4.79 Å². The molecule has 1 unspecified atom stereocenters. The smallest absolute Gasteiger partial charge is 0.272 e. The lowest BCUT2D eigenvalue weighted by molar-refractivity contribution is 0.0729. The third-order valence-corrected chi connectivity index (χ3v) is 3.61. The van der Waals surface area contributed by atoms with Gasteiger partial charge in [0.15, 0.2) is 0 Å². The first kappa shape index (κ1) is 12.6. The van der Waals surface area contributed by atoms with Gasteiger partial charge in [0.2, 0.25) is 0 Å². The summed E-state index contributed by atoms with van der Waals surface area (Å²) in [5, 5.41) is 0. The Hall–Kier alpha value is -2.43. The number of aromatic nitrogens is 2. The summed E-state index contributed by atoms with van der Waals surface area (Å²) < 4.78 is 0. The van der Waals surface area contributed by atoms with Crippen molar-refractivity contribution in [3.63, 3.8) is 0 Å². The van der Waals surface area contributed by atoms with E-state index in [9.17, 15) is 4.79 Å². The minimum atomic E-state index is -0.0377. The Bertz CT molecular complexity index is 597. The quantitative estimate of drug-likeness (QED) is 0.904. The summed E-state index contributed by atoms with van der Waals surface area (Å²) in [6.45, 7) is 0.762. The highest BCUT2D eigenvalue weighted by Crippen LogP contribution is 2.32. The van der Waals surface area contributed by atoms with E-state index in [0.717, 1.165) is 24.9 Å². The molecule has 102 valence electrons. The maximum atomic E-state index is 12.5. The molecule has 2 aromatic rings. The molecule has 1 amide bonds. The first-order chi connectivity index (χ1) is 9.75. The number of hydrogen-bond donors (Lipinski definition) is 1. The summed E-state index contributed by atoms with van der Waals surface area (Å²) in [6, 6.07) is 7.43. The van der Waals surface area contributed by atoms with Gasteiger partial charge in [0.05, 0.1) is 17.9 Å². The predicted octanol–water partition coefficient (Wildman–Crippen LogP) is 2.04. The van der Waals surface area contributed by atoms with E-state index in [4.69, 9.17) is 5.73 Å². The Morgan fingerprint density at radius 3 is 2.75 bits per heavy atom. The van der Waals surface area contributed by atoms with Crippen molar-refractivity contribution in [1.82, 2.24) is 14.9 Å². The van der Waals surface area contributed by atoms with Crippen LogP contribution in [0.5, 0.6) is 0 Å². The fourth-order valence-corrected chi connectivity index (χ4v) is 2.62. The lowest BCUT2D eigenvalue weighted by Crippen LogP contribution is -2.31. The zero-order valence-electron chi connectivity index (χ0n) is 11.1. The Labute approximate surface area is 117 Å². The maximum absolute atomic E-state index is 12.5. The molecule has 3 heterocycles. The number of likely N-dealkylation sites (tertiary alicyclic amines) is 1. The van der Waals surface area contributed by atoms with Crippen molar-refractivity contribution in [3.8, 4) is 0 Å². The standard InChI is InChI=1S/C15H16N4O/c16-12-3-4-13(18-10-12)15(20)19-9-1-2-14(19)11-5-7-17-8-6-11/h3-8,10,14H,1-2,9,16H2. The van der Waals surface area contributed by atoms with Crippen molar-refractivity contribution in [2.45, 2.75) is 18.9 Å². The van der Waals surface area contributed by atoms with Crippen LogP contribution in [0.15, 0.2) is 42.9 Å². The average Bonchev–Trinajstić information content (AvgIpc) is 2.97. The van der Waals surface area contributed by atoms with Gasteiger partial charge in [0.25, 0.3) is 5.91 Å². The fraction of sp³-hybridized carbons (Fsp3) is 0.267. The van der Waals surface area contributed by atoms with Crippen molar-refractivity contribution in [3.05, 3.63) is 54.1 Å². The largest absolute Gasteiger partial charge is 0.397 e. The van der Waals surface area contributed by atoms with Gasteiger partial charge < -0.3 is 10.6 Å². The summed E-state index contributed by atoms with van der Waals surface area (Å²) >= 11 is 0. The number of carbonyl (C=O) groups is 1. The number of anilines is 1. The van der Waals surface area contributed by atoms with Crippen LogP contribution >= 0.6 is 0 Å². The average molecular weight is 268 g/mol. The number of carbonyl (C=O) groups excluding carboxylic acids is 1. The zero-order chi connectivity index (χ0) is 13.9. The monoisotopic (exact) mass is 268 g/mol. The minimum absolute atomic E-state index is 0.0377.